The Morgan fingerprint density at radius 2 is 2.40 bits per heavy atom. The third-order valence-electron chi connectivity index (χ3n) is 2.29. The summed E-state index contributed by atoms with van der Waals surface area (Å²) in [6.07, 6.45) is 3.44. The second-order valence-electron chi connectivity index (χ2n) is 3.28. The van der Waals surface area contributed by atoms with Gasteiger partial charge in [-0.3, -0.25) is 0 Å². The van der Waals surface area contributed by atoms with Gasteiger partial charge in [-0.2, -0.15) is 5.10 Å². The number of hydrogen-bond donors (Lipinski definition) is 1. The molecule has 0 amide bonds. The molecular formula is C12H12N2O. The van der Waals surface area contributed by atoms with E-state index in [1.807, 2.05) is 24.4 Å². The highest BCUT2D eigenvalue weighted by Gasteiger charge is 2.11. The van der Waals surface area contributed by atoms with E-state index >= 15 is 0 Å². The SMILES string of the molecule is CC#CCC(O)c1cnn2ccccc12. The second kappa shape index (κ2) is 4.16. The van der Waals surface area contributed by atoms with E-state index in [2.05, 4.69) is 16.9 Å². The van der Waals surface area contributed by atoms with E-state index < -0.39 is 6.10 Å². The van der Waals surface area contributed by atoms with Crippen molar-refractivity contribution in [1.82, 2.24) is 9.61 Å². The first-order valence-electron chi connectivity index (χ1n) is 4.83. The molecule has 0 aliphatic heterocycles. The van der Waals surface area contributed by atoms with Gasteiger partial charge in [-0.25, -0.2) is 4.52 Å². The summed E-state index contributed by atoms with van der Waals surface area (Å²) < 4.78 is 1.75. The second-order valence-corrected chi connectivity index (χ2v) is 3.28. The predicted octanol–water partition coefficient (Wildman–Crippen LogP) is 1.78. The Balaban J connectivity index is 2.37. The van der Waals surface area contributed by atoms with Gasteiger partial charge in [0.1, 0.15) is 0 Å². The number of aliphatic hydroxyl groups is 1. The molecule has 0 aliphatic carbocycles. The molecule has 76 valence electrons. The molecule has 2 aromatic rings. The fourth-order valence-corrected chi connectivity index (χ4v) is 1.52. The monoisotopic (exact) mass is 200 g/mol. The highest BCUT2D eigenvalue weighted by Crippen LogP contribution is 2.20. The summed E-state index contributed by atoms with van der Waals surface area (Å²) >= 11 is 0. The van der Waals surface area contributed by atoms with E-state index in [1.54, 1.807) is 17.6 Å². The zero-order chi connectivity index (χ0) is 10.7. The van der Waals surface area contributed by atoms with Gasteiger partial charge in [0.2, 0.25) is 0 Å². The van der Waals surface area contributed by atoms with E-state index in [0.29, 0.717) is 6.42 Å². The molecule has 0 spiro atoms. The average Bonchev–Trinajstić information content (AvgIpc) is 2.69. The number of fused-ring (bicyclic) bond motifs is 1. The van der Waals surface area contributed by atoms with E-state index in [-0.39, 0.29) is 0 Å². The van der Waals surface area contributed by atoms with Gasteiger partial charge < -0.3 is 5.11 Å². The Hall–Kier alpha value is -1.79. The molecule has 1 N–H and O–H groups in total. The minimum Gasteiger partial charge on any atom is -0.387 e. The Labute approximate surface area is 88.4 Å². The van der Waals surface area contributed by atoms with Crippen molar-refractivity contribution in [2.45, 2.75) is 19.4 Å². The normalized spacial score (nSPS) is 12.1. The quantitative estimate of drug-likeness (QED) is 0.750. The van der Waals surface area contributed by atoms with Crippen molar-refractivity contribution in [3.63, 3.8) is 0 Å². The summed E-state index contributed by atoms with van der Waals surface area (Å²) in [6, 6.07) is 5.77. The fourth-order valence-electron chi connectivity index (χ4n) is 1.52. The number of hydrogen-bond acceptors (Lipinski definition) is 2. The molecule has 0 aromatic carbocycles. The zero-order valence-corrected chi connectivity index (χ0v) is 8.51. The van der Waals surface area contributed by atoms with Gasteiger partial charge >= 0.3 is 0 Å². The number of rotatable bonds is 2. The molecule has 0 radical (unpaired) electrons. The van der Waals surface area contributed by atoms with Crippen LogP contribution < -0.4 is 0 Å². The van der Waals surface area contributed by atoms with Crippen LogP contribution in [0.25, 0.3) is 5.52 Å². The molecule has 2 heterocycles. The lowest BCUT2D eigenvalue weighted by Gasteiger charge is -2.04. The standard InChI is InChI=1S/C12H12N2O/c1-2-3-7-12(15)10-9-13-14-8-5-4-6-11(10)14/h4-6,8-9,12,15H,7H2,1H3. The predicted molar refractivity (Wildman–Crippen MR) is 58.2 cm³/mol. The molecule has 3 nitrogen and oxygen atoms in total. The Bertz CT molecular complexity index is 519. The number of aromatic nitrogens is 2. The third-order valence-corrected chi connectivity index (χ3v) is 2.29. The van der Waals surface area contributed by atoms with Gasteiger partial charge in [0, 0.05) is 18.2 Å². The van der Waals surface area contributed by atoms with Crippen LogP contribution in [-0.2, 0) is 0 Å². The maximum atomic E-state index is 9.88. The summed E-state index contributed by atoms with van der Waals surface area (Å²) in [7, 11) is 0. The van der Waals surface area contributed by atoms with Gasteiger partial charge in [0.05, 0.1) is 17.8 Å². The molecule has 1 unspecified atom stereocenters. The largest absolute Gasteiger partial charge is 0.387 e. The summed E-state index contributed by atoms with van der Waals surface area (Å²) in [4.78, 5) is 0. The van der Waals surface area contributed by atoms with Crippen molar-refractivity contribution in [2.75, 3.05) is 0 Å². The van der Waals surface area contributed by atoms with Gasteiger partial charge in [-0.1, -0.05) is 6.07 Å². The van der Waals surface area contributed by atoms with Crippen molar-refractivity contribution in [3.8, 4) is 11.8 Å². The van der Waals surface area contributed by atoms with Crippen LogP contribution >= 0.6 is 0 Å². The van der Waals surface area contributed by atoms with E-state index in [0.717, 1.165) is 11.1 Å². The van der Waals surface area contributed by atoms with Crippen LogP contribution in [0.15, 0.2) is 30.6 Å². The molecule has 2 aromatic heterocycles. The molecule has 0 saturated carbocycles. The Morgan fingerprint density at radius 1 is 1.53 bits per heavy atom. The van der Waals surface area contributed by atoms with Gasteiger partial charge in [-0.05, 0) is 19.1 Å². The molecule has 3 heteroatoms. The molecule has 1 atom stereocenters. The van der Waals surface area contributed by atoms with Crippen molar-refractivity contribution < 1.29 is 5.11 Å². The Kier molecular flexibility index (Phi) is 2.70. The maximum absolute atomic E-state index is 9.88. The van der Waals surface area contributed by atoms with Crippen molar-refractivity contribution >= 4 is 5.52 Å². The first-order valence-corrected chi connectivity index (χ1v) is 4.83. The summed E-state index contributed by atoms with van der Waals surface area (Å²) in [5.41, 5.74) is 1.77. The van der Waals surface area contributed by atoms with Gasteiger partial charge in [0.15, 0.2) is 0 Å². The van der Waals surface area contributed by atoms with Crippen LogP contribution in [0.2, 0.25) is 0 Å². The topological polar surface area (TPSA) is 37.5 Å². The average molecular weight is 200 g/mol. The van der Waals surface area contributed by atoms with Crippen LogP contribution in [0.5, 0.6) is 0 Å². The van der Waals surface area contributed by atoms with Gasteiger partial charge in [0.25, 0.3) is 0 Å². The highest BCUT2D eigenvalue weighted by molar-refractivity contribution is 5.54. The molecule has 15 heavy (non-hydrogen) atoms. The maximum Gasteiger partial charge on any atom is 0.0935 e. The van der Waals surface area contributed by atoms with E-state index in [4.69, 9.17) is 0 Å². The van der Waals surface area contributed by atoms with Crippen molar-refractivity contribution in [3.05, 3.63) is 36.2 Å². The van der Waals surface area contributed by atoms with E-state index in [1.165, 1.54) is 0 Å². The highest BCUT2D eigenvalue weighted by atomic mass is 16.3. The van der Waals surface area contributed by atoms with Crippen LogP contribution in [0.1, 0.15) is 25.0 Å². The lowest BCUT2D eigenvalue weighted by molar-refractivity contribution is 0.185. The Morgan fingerprint density at radius 3 is 3.20 bits per heavy atom. The van der Waals surface area contributed by atoms with Gasteiger partial charge in [-0.15, -0.1) is 11.8 Å². The number of pyridine rings is 1. The summed E-state index contributed by atoms with van der Waals surface area (Å²) in [5.74, 6) is 5.64. The lowest BCUT2D eigenvalue weighted by atomic mass is 10.1. The zero-order valence-electron chi connectivity index (χ0n) is 8.51. The first kappa shape index (κ1) is 9.75. The number of nitrogens with zero attached hydrogens (tertiary/aromatic N) is 2. The van der Waals surface area contributed by atoms with Crippen LogP contribution in [0, 0.1) is 11.8 Å². The van der Waals surface area contributed by atoms with Crippen molar-refractivity contribution in [2.24, 2.45) is 0 Å². The third kappa shape index (κ3) is 1.85. The molecule has 0 fully saturated rings. The minimum absolute atomic E-state index is 0.451. The smallest absolute Gasteiger partial charge is 0.0935 e. The molecule has 2 rings (SSSR count). The molecular weight excluding hydrogens is 188 g/mol. The molecule has 0 aliphatic rings. The lowest BCUT2D eigenvalue weighted by Crippen LogP contribution is -1.95. The van der Waals surface area contributed by atoms with E-state index in [9.17, 15) is 5.11 Å². The fraction of sp³-hybridized carbons (Fsp3) is 0.250. The summed E-state index contributed by atoms with van der Waals surface area (Å²) in [6.45, 7) is 1.77. The van der Waals surface area contributed by atoms with Crippen LogP contribution in [0.4, 0.5) is 0 Å². The minimum atomic E-state index is -0.558. The van der Waals surface area contributed by atoms with Crippen LogP contribution in [-0.4, -0.2) is 14.7 Å². The molecule has 0 saturated heterocycles. The van der Waals surface area contributed by atoms with Crippen LogP contribution in [0.3, 0.4) is 0 Å². The number of aliphatic hydroxyl groups excluding tert-OH is 1. The molecule has 0 bridgehead atoms. The first-order chi connectivity index (χ1) is 7.33. The van der Waals surface area contributed by atoms with Crippen molar-refractivity contribution in [1.29, 1.82) is 0 Å². The summed E-state index contributed by atoms with van der Waals surface area (Å²) in [5, 5.41) is 14.0.